The first-order chi connectivity index (χ1) is 12.5. The van der Waals surface area contributed by atoms with Crippen LogP contribution in [0.4, 0.5) is 0 Å². The molecule has 0 aromatic heterocycles. The van der Waals surface area contributed by atoms with Crippen LogP contribution in [0.25, 0.3) is 0 Å². The Labute approximate surface area is 153 Å². The number of hydrogen-bond acceptors (Lipinski definition) is 5. The van der Waals surface area contributed by atoms with Crippen molar-refractivity contribution < 1.29 is 23.8 Å². The molecule has 2 aliphatic rings. The molecule has 5 nitrogen and oxygen atoms in total. The third kappa shape index (κ3) is 2.76. The minimum Gasteiger partial charge on any atom is -0.468 e. The number of ether oxygens (including phenoxy) is 3. The highest BCUT2D eigenvalue weighted by molar-refractivity contribution is 6.06. The van der Waals surface area contributed by atoms with E-state index in [-0.39, 0.29) is 12.5 Å². The van der Waals surface area contributed by atoms with Crippen LogP contribution in [-0.2, 0) is 23.8 Å². The second-order valence-corrected chi connectivity index (χ2v) is 6.94. The molecule has 1 atom stereocenters. The predicted octanol–water partition coefficient (Wildman–Crippen LogP) is 3.52. The minimum absolute atomic E-state index is 0.0838. The van der Waals surface area contributed by atoms with Crippen LogP contribution >= 0.6 is 0 Å². The minimum atomic E-state index is -1.43. The van der Waals surface area contributed by atoms with E-state index in [0.29, 0.717) is 18.6 Å². The Bertz CT molecular complexity index is 768. The van der Waals surface area contributed by atoms with Crippen molar-refractivity contribution in [3.05, 3.63) is 58.2 Å². The van der Waals surface area contributed by atoms with Gasteiger partial charge >= 0.3 is 11.9 Å². The fourth-order valence-corrected chi connectivity index (χ4v) is 4.18. The summed E-state index contributed by atoms with van der Waals surface area (Å²) in [7, 11) is 2.60. The molecule has 0 saturated carbocycles. The van der Waals surface area contributed by atoms with Gasteiger partial charge in [-0.3, -0.25) is 9.59 Å². The second kappa shape index (κ2) is 7.08. The van der Waals surface area contributed by atoms with Gasteiger partial charge in [-0.2, -0.15) is 0 Å². The molecule has 1 aromatic carbocycles. The van der Waals surface area contributed by atoms with Gasteiger partial charge in [0.25, 0.3) is 0 Å². The standard InChI is InChI=1S/C21H24O5/c1-13(2)18-16-12-26-17(14-8-6-5-7-9-14)10-15(16)11-21(18,19(22)24-3)20(23)25-4/h5-9,17H,10-12H2,1-4H3. The number of rotatable bonds is 3. The normalized spacial score (nSPS) is 21.2. The largest absolute Gasteiger partial charge is 0.468 e. The van der Waals surface area contributed by atoms with Crippen molar-refractivity contribution >= 4 is 11.9 Å². The molecule has 0 fully saturated rings. The molecule has 0 radical (unpaired) electrons. The maximum atomic E-state index is 12.7. The van der Waals surface area contributed by atoms with Crippen molar-refractivity contribution in [1.29, 1.82) is 0 Å². The third-order valence-electron chi connectivity index (χ3n) is 5.23. The molecule has 1 aliphatic carbocycles. The summed E-state index contributed by atoms with van der Waals surface area (Å²) in [5, 5.41) is 0. The van der Waals surface area contributed by atoms with E-state index >= 15 is 0 Å². The van der Waals surface area contributed by atoms with E-state index in [1.54, 1.807) is 0 Å². The number of esters is 2. The van der Waals surface area contributed by atoms with Gasteiger partial charge in [-0.1, -0.05) is 41.5 Å². The molecule has 0 spiro atoms. The molecular formula is C21H24O5. The van der Waals surface area contributed by atoms with Crippen molar-refractivity contribution in [2.75, 3.05) is 20.8 Å². The van der Waals surface area contributed by atoms with Gasteiger partial charge in [-0.15, -0.1) is 0 Å². The maximum Gasteiger partial charge on any atom is 0.328 e. The molecule has 0 N–H and O–H groups in total. The predicted molar refractivity (Wildman–Crippen MR) is 96.2 cm³/mol. The SMILES string of the molecule is COC(=O)C1(C(=O)OC)CC2=C(COC(c3ccccc3)C2)C1=C(C)C. The van der Waals surface area contributed by atoms with E-state index in [1.165, 1.54) is 14.2 Å². The van der Waals surface area contributed by atoms with Crippen LogP contribution in [-0.4, -0.2) is 32.8 Å². The number of carbonyl (C=O) groups excluding carboxylic acids is 2. The van der Waals surface area contributed by atoms with Crippen LogP contribution in [0.15, 0.2) is 52.6 Å². The van der Waals surface area contributed by atoms with Crippen LogP contribution < -0.4 is 0 Å². The number of methoxy groups -OCH3 is 2. The lowest BCUT2D eigenvalue weighted by atomic mass is 9.77. The molecule has 5 heteroatoms. The van der Waals surface area contributed by atoms with Gasteiger partial charge in [0.2, 0.25) is 0 Å². The average Bonchev–Trinajstić information content (AvgIpc) is 3.02. The molecule has 0 bridgehead atoms. The Morgan fingerprint density at radius 2 is 1.69 bits per heavy atom. The van der Waals surface area contributed by atoms with Gasteiger partial charge in [0.1, 0.15) is 0 Å². The molecule has 138 valence electrons. The molecule has 0 amide bonds. The zero-order chi connectivity index (χ0) is 18.9. The maximum absolute atomic E-state index is 12.7. The fraction of sp³-hybridized carbons (Fsp3) is 0.429. The Hall–Kier alpha value is -2.40. The first-order valence-corrected chi connectivity index (χ1v) is 8.68. The summed E-state index contributed by atoms with van der Waals surface area (Å²) in [4.78, 5) is 25.4. The van der Waals surface area contributed by atoms with Crippen LogP contribution in [0.2, 0.25) is 0 Å². The van der Waals surface area contributed by atoms with E-state index in [1.807, 2.05) is 44.2 Å². The van der Waals surface area contributed by atoms with Crippen molar-refractivity contribution in [2.45, 2.75) is 32.8 Å². The van der Waals surface area contributed by atoms with Crippen LogP contribution in [0, 0.1) is 5.41 Å². The van der Waals surface area contributed by atoms with Crippen LogP contribution in [0.5, 0.6) is 0 Å². The Morgan fingerprint density at radius 3 is 2.23 bits per heavy atom. The van der Waals surface area contributed by atoms with Gasteiger partial charge in [0, 0.05) is 6.42 Å². The fourth-order valence-electron chi connectivity index (χ4n) is 4.18. The van der Waals surface area contributed by atoms with Crippen molar-refractivity contribution in [3.63, 3.8) is 0 Å². The molecule has 3 rings (SSSR count). The van der Waals surface area contributed by atoms with E-state index in [2.05, 4.69) is 0 Å². The quantitative estimate of drug-likeness (QED) is 0.613. The molecule has 1 aromatic rings. The Balaban J connectivity index is 2.04. The van der Waals surface area contributed by atoms with Gasteiger partial charge in [0.15, 0.2) is 5.41 Å². The van der Waals surface area contributed by atoms with E-state index < -0.39 is 17.4 Å². The molecule has 26 heavy (non-hydrogen) atoms. The lowest BCUT2D eigenvalue weighted by Gasteiger charge is -2.28. The van der Waals surface area contributed by atoms with Gasteiger partial charge in [0.05, 0.1) is 26.9 Å². The molecule has 1 heterocycles. The van der Waals surface area contributed by atoms with Crippen molar-refractivity contribution in [2.24, 2.45) is 5.41 Å². The monoisotopic (exact) mass is 356 g/mol. The Kier molecular flexibility index (Phi) is 5.01. The summed E-state index contributed by atoms with van der Waals surface area (Å²) in [6.07, 6.45) is 0.847. The summed E-state index contributed by atoms with van der Waals surface area (Å²) >= 11 is 0. The first-order valence-electron chi connectivity index (χ1n) is 8.68. The zero-order valence-electron chi connectivity index (χ0n) is 15.6. The molecule has 0 saturated heterocycles. The van der Waals surface area contributed by atoms with Crippen molar-refractivity contribution in [1.82, 2.24) is 0 Å². The zero-order valence-corrected chi connectivity index (χ0v) is 15.6. The van der Waals surface area contributed by atoms with Crippen LogP contribution in [0.1, 0.15) is 38.4 Å². The molecule has 1 aliphatic heterocycles. The lowest BCUT2D eigenvalue weighted by molar-refractivity contribution is -0.165. The number of benzene rings is 1. The highest BCUT2D eigenvalue weighted by Crippen LogP contribution is 2.54. The van der Waals surface area contributed by atoms with Gasteiger partial charge in [-0.25, -0.2) is 0 Å². The topological polar surface area (TPSA) is 61.8 Å². The van der Waals surface area contributed by atoms with Crippen LogP contribution in [0.3, 0.4) is 0 Å². The summed E-state index contributed by atoms with van der Waals surface area (Å²) in [5.74, 6) is -1.16. The average molecular weight is 356 g/mol. The van der Waals surface area contributed by atoms with Crippen molar-refractivity contribution in [3.8, 4) is 0 Å². The first kappa shape index (κ1) is 18.4. The number of hydrogen-bond donors (Lipinski definition) is 0. The van der Waals surface area contributed by atoms with Gasteiger partial charge in [-0.05, 0) is 37.0 Å². The van der Waals surface area contributed by atoms with E-state index in [9.17, 15) is 9.59 Å². The highest BCUT2D eigenvalue weighted by atomic mass is 16.5. The Morgan fingerprint density at radius 1 is 1.08 bits per heavy atom. The van der Waals surface area contributed by atoms with E-state index in [4.69, 9.17) is 14.2 Å². The van der Waals surface area contributed by atoms with Gasteiger partial charge < -0.3 is 14.2 Å². The summed E-state index contributed by atoms with van der Waals surface area (Å²) in [6, 6.07) is 9.98. The third-order valence-corrected chi connectivity index (χ3v) is 5.23. The van der Waals surface area contributed by atoms with E-state index in [0.717, 1.165) is 22.3 Å². The summed E-state index contributed by atoms with van der Waals surface area (Å²) in [5.41, 5.74) is 3.25. The number of allylic oxidation sites excluding steroid dienone is 1. The summed E-state index contributed by atoms with van der Waals surface area (Å²) in [6.45, 7) is 4.16. The lowest BCUT2D eigenvalue weighted by Crippen LogP contribution is -2.41. The molecule has 1 unspecified atom stereocenters. The second-order valence-electron chi connectivity index (χ2n) is 6.94. The smallest absolute Gasteiger partial charge is 0.328 e. The number of carbonyl (C=O) groups is 2. The highest BCUT2D eigenvalue weighted by Gasteiger charge is 2.58. The summed E-state index contributed by atoms with van der Waals surface area (Å²) < 4.78 is 16.1. The molecular weight excluding hydrogens is 332 g/mol.